The highest BCUT2D eigenvalue weighted by atomic mass is 32.1. The van der Waals surface area contributed by atoms with Gasteiger partial charge in [-0.15, -0.1) is 22.7 Å². The molecule has 1 nitrogen and oxygen atoms in total. The third-order valence-electron chi connectivity index (χ3n) is 20.7. The molecular formula is C98H61NS2. The van der Waals surface area contributed by atoms with Crippen molar-refractivity contribution in [2.75, 3.05) is 0 Å². The van der Waals surface area contributed by atoms with Crippen molar-refractivity contribution in [2.24, 2.45) is 0 Å². The quantitative estimate of drug-likeness (QED) is 0.114. The maximum absolute atomic E-state index is 2.54. The summed E-state index contributed by atoms with van der Waals surface area (Å²) in [5.41, 5.74) is 27.5. The molecular weight excluding hydrogens is 1260 g/mol. The number of hydrogen-bond acceptors (Lipinski definition) is 2. The highest BCUT2D eigenvalue weighted by Gasteiger charge is 2.25. The zero-order valence-corrected chi connectivity index (χ0v) is 56.6. The van der Waals surface area contributed by atoms with E-state index in [1.165, 1.54) is 184 Å². The van der Waals surface area contributed by atoms with Crippen molar-refractivity contribution in [3.8, 4) is 117 Å². The third kappa shape index (κ3) is 9.95. The highest BCUT2D eigenvalue weighted by Crippen LogP contribution is 2.52. The van der Waals surface area contributed by atoms with E-state index in [9.17, 15) is 0 Å². The molecule has 3 aromatic heterocycles. The van der Waals surface area contributed by atoms with Crippen molar-refractivity contribution in [1.82, 2.24) is 4.57 Å². The van der Waals surface area contributed by atoms with Gasteiger partial charge in [-0.05, 0) is 195 Å². The van der Waals surface area contributed by atoms with Crippen LogP contribution in [-0.4, -0.2) is 4.57 Å². The molecule has 101 heavy (non-hydrogen) atoms. The Morgan fingerprint density at radius 2 is 0.426 bits per heavy atom. The molecule has 17 aromatic carbocycles. The predicted molar refractivity (Wildman–Crippen MR) is 436 cm³/mol. The van der Waals surface area contributed by atoms with Gasteiger partial charge in [-0.3, -0.25) is 0 Å². The number of benzene rings is 17. The molecule has 470 valence electrons. The summed E-state index contributed by atoms with van der Waals surface area (Å²) in [6, 6.07) is 138. The van der Waals surface area contributed by atoms with Crippen LogP contribution in [0.1, 0.15) is 0 Å². The third-order valence-corrected chi connectivity index (χ3v) is 23.3. The molecule has 20 rings (SSSR count). The molecule has 0 aliphatic heterocycles. The molecule has 3 heterocycles. The van der Waals surface area contributed by atoms with E-state index in [1.807, 2.05) is 22.7 Å². The van der Waals surface area contributed by atoms with Crippen LogP contribution in [0.2, 0.25) is 0 Å². The Bertz CT molecular complexity index is 6310. The number of hydrogen-bond donors (Lipinski definition) is 0. The van der Waals surface area contributed by atoms with E-state index in [4.69, 9.17) is 0 Å². The first-order valence-corrected chi connectivity index (χ1v) is 36.3. The summed E-state index contributed by atoms with van der Waals surface area (Å²) in [4.78, 5) is 0. The lowest BCUT2D eigenvalue weighted by atomic mass is 9.86. The first-order chi connectivity index (χ1) is 50.1. The Kier molecular flexibility index (Phi) is 14.0. The van der Waals surface area contributed by atoms with Crippen molar-refractivity contribution in [1.29, 1.82) is 0 Å². The van der Waals surface area contributed by atoms with Crippen molar-refractivity contribution in [2.45, 2.75) is 0 Å². The minimum Gasteiger partial charge on any atom is -0.309 e. The largest absolute Gasteiger partial charge is 0.309 e. The standard InChI is InChI=1S/C98H61NS2/c1-9-27-62(28-10-1)72-53-80(66-35-17-5-18-36-66)95-87(57-72)89-59-74(64-31-13-3-14-32-64)55-82(97(89)100-95)70-45-49-91-84(51-70)85-52-71(46-50-92(85)99(91)76-47-48-79-86(61-76)94(69-41-23-8-24-42-69)78-44-26-25-43-77(78)93(79)68-39-21-7-22-40-68)83-56-75(65-33-15-4-16-34-65)60-90-88-58-73(63-29-11-2-12-30-63)54-81(96(88)101-98(83)90)67-37-19-6-20-38-67/h1-61H. The molecule has 0 N–H and O–H groups in total. The number of aromatic nitrogens is 1. The van der Waals surface area contributed by atoms with Crippen molar-refractivity contribution < 1.29 is 0 Å². The van der Waals surface area contributed by atoms with Gasteiger partial charge in [0, 0.05) is 79.1 Å². The molecule has 0 atom stereocenters. The van der Waals surface area contributed by atoms with Gasteiger partial charge in [-0.1, -0.05) is 285 Å². The summed E-state index contributed by atoms with van der Waals surface area (Å²) in [5.74, 6) is 0. The number of nitrogens with zero attached hydrogens (tertiary/aromatic N) is 1. The molecule has 20 aromatic rings. The second kappa shape index (κ2) is 24.2. The maximum Gasteiger partial charge on any atom is 0.0541 e. The monoisotopic (exact) mass is 1320 g/mol. The summed E-state index contributed by atoms with van der Waals surface area (Å²) in [5, 5.41) is 12.3. The average Bonchev–Trinajstić information content (AvgIpc) is 1.67. The van der Waals surface area contributed by atoms with Gasteiger partial charge < -0.3 is 4.57 Å². The van der Waals surface area contributed by atoms with Crippen LogP contribution in [0, 0.1) is 0 Å². The van der Waals surface area contributed by atoms with Gasteiger partial charge in [-0.25, -0.2) is 0 Å². The zero-order chi connectivity index (χ0) is 66.5. The van der Waals surface area contributed by atoms with E-state index in [2.05, 4.69) is 375 Å². The van der Waals surface area contributed by atoms with Gasteiger partial charge in [0.25, 0.3) is 0 Å². The average molecular weight is 1320 g/mol. The molecule has 0 aliphatic carbocycles. The predicted octanol–water partition coefficient (Wildman–Crippen LogP) is 28.5. The lowest BCUT2D eigenvalue weighted by Crippen LogP contribution is -1.96. The Hall–Kier alpha value is -12.5. The second-order valence-corrected chi connectivity index (χ2v) is 28.6. The van der Waals surface area contributed by atoms with Gasteiger partial charge >= 0.3 is 0 Å². The molecule has 0 aliphatic rings. The smallest absolute Gasteiger partial charge is 0.0541 e. The first kappa shape index (κ1) is 58.6. The maximum atomic E-state index is 2.54. The fraction of sp³-hybridized carbons (Fsp3) is 0. The minimum absolute atomic E-state index is 1.10. The highest BCUT2D eigenvalue weighted by molar-refractivity contribution is 7.27. The van der Waals surface area contributed by atoms with Crippen LogP contribution in [0.4, 0.5) is 0 Å². The van der Waals surface area contributed by atoms with Gasteiger partial charge in [0.05, 0.1) is 11.0 Å². The van der Waals surface area contributed by atoms with E-state index >= 15 is 0 Å². The van der Waals surface area contributed by atoms with Crippen molar-refractivity contribution >= 4 is 106 Å². The molecule has 0 unspecified atom stereocenters. The Labute approximate surface area is 593 Å². The summed E-state index contributed by atoms with van der Waals surface area (Å²) in [6.07, 6.45) is 0. The summed E-state index contributed by atoms with van der Waals surface area (Å²) < 4.78 is 7.65. The van der Waals surface area contributed by atoms with Gasteiger partial charge in [-0.2, -0.15) is 0 Å². The van der Waals surface area contributed by atoms with Crippen LogP contribution < -0.4 is 0 Å². The SMILES string of the molecule is c1ccc(-c2cc(-c3ccccc3)c3sc4c(-c5ccc6c(c5)c5cc(-c7cc(-c8ccccc8)cc8c7sc7c(-c9ccccc9)cc(-c9ccccc9)cc78)ccc5n6-c5ccc6c(-c7ccccc7)c7ccccc7c(-c7ccccc7)c6c5)cc(-c5ccccc5)cc4c3c2)cc1. The lowest BCUT2D eigenvalue weighted by molar-refractivity contribution is 1.19. The Balaban J connectivity index is 0.881. The lowest BCUT2D eigenvalue weighted by Gasteiger charge is -2.19. The molecule has 0 bridgehead atoms. The number of fused-ring (bicyclic) bond motifs is 11. The van der Waals surface area contributed by atoms with E-state index in [1.54, 1.807) is 0 Å². The van der Waals surface area contributed by atoms with Crippen LogP contribution in [0.25, 0.3) is 201 Å². The van der Waals surface area contributed by atoms with Crippen LogP contribution in [0.3, 0.4) is 0 Å². The number of rotatable bonds is 11. The van der Waals surface area contributed by atoms with Crippen molar-refractivity contribution in [3.63, 3.8) is 0 Å². The molecule has 0 saturated carbocycles. The molecule has 0 radical (unpaired) electrons. The van der Waals surface area contributed by atoms with Gasteiger partial charge in [0.2, 0.25) is 0 Å². The summed E-state index contributed by atoms with van der Waals surface area (Å²) in [6.45, 7) is 0. The summed E-state index contributed by atoms with van der Waals surface area (Å²) in [7, 11) is 0. The Morgan fingerprint density at radius 1 is 0.158 bits per heavy atom. The van der Waals surface area contributed by atoms with Crippen LogP contribution in [0.15, 0.2) is 370 Å². The van der Waals surface area contributed by atoms with Crippen LogP contribution in [-0.2, 0) is 0 Å². The molecule has 0 amide bonds. The van der Waals surface area contributed by atoms with Crippen molar-refractivity contribution in [3.05, 3.63) is 370 Å². The normalized spacial score (nSPS) is 11.8. The fourth-order valence-electron chi connectivity index (χ4n) is 16.0. The topological polar surface area (TPSA) is 4.93 Å². The molecule has 0 fully saturated rings. The number of thiophene rings is 2. The van der Waals surface area contributed by atoms with E-state index in [-0.39, 0.29) is 0 Å². The van der Waals surface area contributed by atoms with Crippen LogP contribution >= 0.6 is 22.7 Å². The Morgan fingerprint density at radius 3 is 0.762 bits per heavy atom. The van der Waals surface area contributed by atoms with E-state index in [0.29, 0.717) is 0 Å². The molecule has 0 saturated heterocycles. The van der Waals surface area contributed by atoms with Gasteiger partial charge in [0.15, 0.2) is 0 Å². The van der Waals surface area contributed by atoms with E-state index < -0.39 is 0 Å². The first-order valence-electron chi connectivity index (χ1n) is 34.7. The van der Waals surface area contributed by atoms with Gasteiger partial charge in [0.1, 0.15) is 0 Å². The van der Waals surface area contributed by atoms with Crippen LogP contribution in [0.5, 0.6) is 0 Å². The molecule has 0 spiro atoms. The fourth-order valence-corrected chi connectivity index (χ4v) is 18.7. The summed E-state index contributed by atoms with van der Waals surface area (Å²) >= 11 is 3.84. The molecule has 3 heteroatoms. The second-order valence-electron chi connectivity index (χ2n) is 26.6. The van der Waals surface area contributed by atoms with E-state index in [0.717, 1.165) is 16.7 Å². The zero-order valence-electron chi connectivity index (χ0n) is 55.0. The minimum atomic E-state index is 1.10.